The van der Waals surface area contributed by atoms with Crippen LogP contribution in [0.3, 0.4) is 0 Å². The number of ether oxygens (including phenoxy) is 2. The molecule has 0 rings (SSSR count). The average Bonchev–Trinajstić information content (AvgIpc) is 1.87. The fourth-order valence-electron chi connectivity index (χ4n) is 0.380. The van der Waals surface area contributed by atoms with Crippen molar-refractivity contribution in [3.63, 3.8) is 0 Å². The van der Waals surface area contributed by atoms with Crippen LogP contribution in [0.2, 0.25) is 0 Å². The van der Waals surface area contributed by atoms with Crippen LogP contribution in [0.25, 0.3) is 0 Å². The summed E-state index contributed by atoms with van der Waals surface area (Å²) < 4.78 is 9.59. The highest BCUT2D eigenvalue weighted by molar-refractivity contribution is 7.96. The second kappa shape index (κ2) is 3.80. The zero-order valence-corrected chi connectivity index (χ0v) is 7.07. The number of hydrogen-bond acceptors (Lipinski definition) is 3. The van der Waals surface area contributed by atoms with Crippen LogP contribution >= 0.6 is 12.6 Å². The summed E-state index contributed by atoms with van der Waals surface area (Å²) in [5.41, 5.74) is 0. The lowest BCUT2D eigenvalue weighted by Crippen LogP contribution is -2.47. The number of hydrogen-bond donors (Lipinski definition) is 2. The van der Waals surface area contributed by atoms with Gasteiger partial charge in [0.15, 0.2) is 0 Å². The molecule has 0 bridgehead atoms. The van der Waals surface area contributed by atoms with Crippen LogP contribution in [0.15, 0.2) is 0 Å². The van der Waals surface area contributed by atoms with E-state index in [0.717, 1.165) is 0 Å². The molecule has 1 amide bonds. The van der Waals surface area contributed by atoms with Gasteiger partial charge in [-0.25, -0.2) is 0 Å². The Hall–Kier alpha value is -0.260. The Kier molecular flexibility index (Phi) is 3.70. The molecule has 0 radical (unpaired) electrons. The van der Waals surface area contributed by atoms with Gasteiger partial charge in [0, 0.05) is 21.1 Å². The summed E-state index contributed by atoms with van der Waals surface area (Å²) in [6.45, 7) is 1.57. The Morgan fingerprint density at radius 2 is 1.90 bits per heavy atom. The van der Waals surface area contributed by atoms with Crippen LogP contribution in [0.1, 0.15) is 6.92 Å². The van der Waals surface area contributed by atoms with Crippen molar-refractivity contribution in [3.05, 3.63) is 0 Å². The Labute approximate surface area is 65.3 Å². The summed E-state index contributed by atoms with van der Waals surface area (Å²) in [5.74, 6) is -1.07. The number of rotatable bonds is 3. The second-order valence-corrected chi connectivity index (χ2v) is 2.19. The summed E-state index contributed by atoms with van der Waals surface area (Å²) in [7, 11) is 2.85. The number of carbonyl (C=O) groups excluding carboxylic acids is 1. The van der Waals surface area contributed by atoms with Gasteiger partial charge in [-0.1, -0.05) is 12.6 Å². The van der Waals surface area contributed by atoms with E-state index in [1.54, 1.807) is 6.92 Å². The molecule has 0 saturated heterocycles. The van der Waals surface area contributed by atoms with Crippen molar-refractivity contribution in [2.24, 2.45) is 0 Å². The number of nitrogens with one attached hydrogen (secondary N) is 1. The van der Waals surface area contributed by atoms with Crippen molar-refractivity contribution in [1.29, 1.82) is 0 Å². The van der Waals surface area contributed by atoms with Crippen molar-refractivity contribution in [2.45, 2.75) is 12.8 Å². The molecule has 0 atom stereocenters. The minimum Gasteiger partial charge on any atom is -0.336 e. The van der Waals surface area contributed by atoms with E-state index in [9.17, 15) is 4.79 Å². The highest BCUT2D eigenvalue weighted by atomic mass is 32.1. The molecule has 10 heavy (non-hydrogen) atoms. The smallest absolute Gasteiger partial charge is 0.280 e. The SMILES string of the molecule is COC(C)(NC(=O)S)OC. The Morgan fingerprint density at radius 1 is 1.50 bits per heavy atom. The fraction of sp³-hybridized carbons (Fsp3) is 0.800. The maximum atomic E-state index is 10.4. The Balaban J connectivity index is 3.92. The fourth-order valence-corrected chi connectivity index (χ4v) is 0.583. The molecule has 1 N–H and O–H groups in total. The molecule has 0 saturated carbocycles. The molecule has 0 spiro atoms. The van der Waals surface area contributed by atoms with Crippen molar-refractivity contribution in [2.75, 3.05) is 14.2 Å². The van der Waals surface area contributed by atoms with Crippen LogP contribution in [0.5, 0.6) is 0 Å². The summed E-state index contributed by atoms with van der Waals surface area (Å²) in [6, 6.07) is 0. The van der Waals surface area contributed by atoms with Gasteiger partial charge in [0.05, 0.1) is 0 Å². The van der Waals surface area contributed by atoms with E-state index in [-0.39, 0.29) is 0 Å². The molecule has 0 fully saturated rings. The van der Waals surface area contributed by atoms with E-state index >= 15 is 0 Å². The quantitative estimate of drug-likeness (QED) is 0.475. The van der Waals surface area contributed by atoms with Gasteiger partial charge in [0.1, 0.15) is 0 Å². The van der Waals surface area contributed by atoms with Gasteiger partial charge in [0.25, 0.3) is 5.24 Å². The molecule has 0 unspecified atom stereocenters. The molecular weight excluding hydrogens is 154 g/mol. The highest BCUT2D eigenvalue weighted by Gasteiger charge is 2.23. The first-order valence-electron chi connectivity index (χ1n) is 2.65. The van der Waals surface area contributed by atoms with Gasteiger partial charge in [-0.2, -0.15) is 0 Å². The molecule has 0 aromatic carbocycles. The number of amides is 1. The zero-order chi connectivity index (χ0) is 8.20. The standard InChI is InChI=1S/C5H11NO3S/c1-5(8-2,9-3)6-4(7)10/h1-3H3,(H2,6,7,10). The summed E-state index contributed by atoms with van der Waals surface area (Å²) in [5, 5.41) is 1.84. The van der Waals surface area contributed by atoms with Gasteiger partial charge < -0.3 is 9.47 Å². The van der Waals surface area contributed by atoms with Gasteiger partial charge in [-0.05, 0) is 0 Å². The third-order valence-electron chi connectivity index (χ3n) is 1.11. The second-order valence-electron chi connectivity index (χ2n) is 1.78. The predicted octanol–water partition coefficient (Wildman–Crippen LogP) is 0.592. The van der Waals surface area contributed by atoms with E-state index < -0.39 is 11.2 Å². The lowest BCUT2D eigenvalue weighted by atomic mass is 10.5. The van der Waals surface area contributed by atoms with E-state index in [2.05, 4.69) is 17.9 Å². The van der Waals surface area contributed by atoms with Crippen LogP contribution in [-0.2, 0) is 9.47 Å². The first kappa shape index (κ1) is 9.74. The molecule has 60 valence electrons. The Morgan fingerprint density at radius 3 is 2.00 bits per heavy atom. The third-order valence-corrected chi connectivity index (χ3v) is 1.22. The van der Waals surface area contributed by atoms with Gasteiger partial charge in [-0.15, -0.1) is 0 Å². The molecule has 5 heteroatoms. The van der Waals surface area contributed by atoms with Gasteiger partial charge in [0.2, 0.25) is 5.91 Å². The molecule has 0 aliphatic heterocycles. The number of methoxy groups -OCH3 is 2. The van der Waals surface area contributed by atoms with Gasteiger partial charge in [-0.3, -0.25) is 10.1 Å². The molecule has 4 nitrogen and oxygen atoms in total. The maximum absolute atomic E-state index is 10.4. The maximum Gasteiger partial charge on any atom is 0.280 e. The molecule has 0 aliphatic rings. The number of carbonyl (C=O) groups is 1. The largest absolute Gasteiger partial charge is 0.336 e. The van der Waals surface area contributed by atoms with Crippen molar-refractivity contribution in [1.82, 2.24) is 5.32 Å². The summed E-state index contributed by atoms with van der Waals surface area (Å²) >= 11 is 3.49. The number of thiol groups is 1. The average molecular weight is 165 g/mol. The predicted molar refractivity (Wildman–Crippen MR) is 39.9 cm³/mol. The molecule has 0 heterocycles. The lowest BCUT2D eigenvalue weighted by Gasteiger charge is -2.25. The van der Waals surface area contributed by atoms with Gasteiger partial charge >= 0.3 is 0 Å². The van der Waals surface area contributed by atoms with Crippen molar-refractivity contribution < 1.29 is 14.3 Å². The Bertz CT molecular complexity index is 124. The van der Waals surface area contributed by atoms with Crippen LogP contribution in [0.4, 0.5) is 4.79 Å². The van der Waals surface area contributed by atoms with E-state index in [4.69, 9.17) is 9.47 Å². The minimum absolute atomic E-state index is 0.494. The van der Waals surface area contributed by atoms with Crippen molar-refractivity contribution in [3.8, 4) is 0 Å². The van der Waals surface area contributed by atoms with Crippen LogP contribution in [0, 0.1) is 0 Å². The molecular formula is C5H11NO3S. The topological polar surface area (TPSA) is 47.6 Å². The summed E-state index contributed by atoms with van der Waals surface area (Å²) in [4.78, 5) is 10.4. The molecule has 0 aliphatic carbocycles. The first-order valence-corrected chi connectivity index (χ1v) is 3.10. The normalized spacial score (nSPS) is 11.2. The lowest BCUT2D eigenvalue weighted by molar-refractivity contribution is -0.204. The minimum atomic E-state index is -1.07. The summed E-state index contributed by atoms with van der Waals surface area (Å²) in [6.07, 6.45) is 0. The third kappa shape index (κ3) is 3.05. The monoisotopic (exact) mass is 165 g/mol. The van der Waals surface area contributed by atoms with E-state index in [0.29, 0.717) is 0 Å². The van der Waals surface area contributed by atoms with E-state index in [1.165, 1.54) is 14.2 Å². The van der Waals surface area contributed by atoms with Crippen molar-refractivity contribution >= 4 is 17.9 Å². The molecule has 0 aromatic heterocycles. The zero-order valence-electron chi connectivity index (χ0n) is 6.17. The van der Waals surface area contributed by atoms with Crippen LogP contribution in [-0.4, -0.2) is 25.4 Å². The van der Waals surface area contributed by atoms with E-state index in [1.807, 2.05) is 0 Å². The first-order chi connectivity index (χ1) is 4.54. The highest BCUT2D eigenvalue weighted by Crippen LogP contribution is 2.04. The molecule has 0 aromatic rings. The van der Waals surface area contributed by atoms with Crippen LogP contribution < -0.4 is 5.32 Å².